The molecule has 28 valence electrons. The molecular formula is C2H6CaO2. The quantitative estimate of drug-likeness (QED) is 0.420. The molecule has 0 atom stereocenters. The molecule has 2 N–H and O–H groups in total. The van der Waals surface area contributed by atoms with Crippen LogP contribution in [0.3, 0.4) is 0 Å². The third-order valence-electron chi connectivity index (χ3n) is 0.316. The summed E-state index contributed by atoms with van der Waals surface area (Å²) in [6.45, 7) is 0. The monoisotopic (exact) mass is 102 g/mol. The van der Waals surface area contributed by atoms with Gasteiger partial charge in [0.2, 0.25) is 0 Å². The van der Waals surface area contributed by atoms with E-state index in [2.05, 4.69) is 0 Å². The van der Waals surface area contributed by atoms with Gasteiger partial charge in [-0.15, -0.1) is 0 Å². The third-order valence-corrected chi connectivity index (χ3v) is 1.30. The molecule has 0 aromatic heterocycles. The molecule has 0 aliphatic carbocycles. The first-order valence-corrected chi connectivity index (χ1v) is 4.76. The number of aliphatic hydroxyl groups excluding tert-OH is 2. The Balaban J connectivity index is 2.19. The molecule has 0 rings (SSSR count). The maximum absolute atomic E-state index is 7.99. The molecule has 0 aromatic rings. The topological polar surface area (TPSA) is 40.5 Å². The van der Waals surface area contributed by atoms with Crippen LogP contribution in [-0.4, -0.2) is 49.5 Å². The molecular weight excluding hydrogens is 96.1 g/mol. The molecule has 0 aromatic carbocycles. The zero-order valence-electron chi connectivity index (χ0n) is 3.02. The number of rotatable bonds is 2. The van der Waals surface area contributed by atoms with Crippen LogP contribution in [0, 0.1) is 0 Å². The van der Waals surface area contributed by atoms with Crippen molar-refractivity contribution in [2.75, 3.05) is 5.41 Å². The Morgan fingerprint density at radius 2 is 1.60 bits per heavy atom. The number of hydrogen-bond donors (Lipinski definition) is 2. The fraction of sp³-hybridized carbons (Fsp3) is 1.00. The van der Waals surface area contributed by atoms with Crippen LogP contribution in [0.25, 0.3) is 0 Å². The van der Waals surface area contributed by atoms with Crippen LogP contribution in [-0.2, 0) is 0 Å². The van der Waals surface area contributed by atoms with Gasteiger partial charge in [-0.25, -0.2) is 0 Å². The van der Waals surface area contributed by atoms with Crippen LogP contribution in [0.15, 0.2) is 0 Å². The van der Waals surface area contributed by atoms with Gasteiger partial charge in [-0.1, -0.05) is 0 Å². The second-order valence-electron chi connectivity index (χ2n) is 0.801. The summed E-state index contributed by atoms with van der Waals surface area (Å²) in [6, 6.07) is 0. The molecule has 0 saturated heterocycles. The van der Waals surface area contributed by atoms with Crippen LogP contribution < -0.4 is 0 Å². The average Bonchev–Trinajstić information content (AvgIpc) is 1.41. The van der Waals surface area contributed by atoms with Crippen LogP contribution in [0.4, 0.5) is 0 Å². The van der Waals surface area contributed by atoms with E-state index >= 15 is 0 Å². The van der Waals surface area contributed by atoms with Crippen molar-refractivity contribution in [3.63, 3.8) is 0 Å². The molecule has 2 nitrogen and oxygen atoms in total. The molecule has 0 fully saturated rings. The van der Waals surface area contributed by atoms with E-state index in [-0.39, 0.29) is 5.41 Å². The summed E-state index contributed by atoms with van der Waals surface area (Å²) in [5.74, 6) is 0. The first-order chi connectivity index (χ1) is 2.41. The van der Waals surface area contributed by atoms with Crippen LogP contribution in [0.1, 0.15) is 0 Å². The van der Waals surface area contributed by atoms with E-state index in [1.807, 2.05) is 0 Å². The second-order valence-corrected chi connectivity index (χ2v) is 3.30. The SMILES string of the molecule is O[CH2][Ca][CH2]O. The van der Waals surface area contributed by atoms with Crippen molar-refractivity contribution in [2.45, 2.75) is 0 Å². The summed E-state index contributed by atoms with van der Waals surface area (Å²) in [5, 5.41) is 16.0. The molecule has 0 unspecified atom stereocenters. The van der Waals surface area contributed by atoms with Crippen molar-refractivity contribution in [3.8, 4) is 0 Å². The summed E-state index contributed by atoms with van der Waals surface area (Å²) in [4.78, 5) is 0. The summed E-state index contributed by atoms with van der Waals surface area (Å²) < 4.78 is 0.562. The molecule has 0 saturated carbocycles. The van der Waals surface area contributed by atoms with Gasteiger partial charge in [-0.2, -0.15) is 0 Å². The minimum atomic E-state index is -0.792. The van der Waals surface area contributed by atoms with Gasteiger partial charge in [0.05, 0.1) is 0 Å². The standard InChI is InChI=1S/2CH3O.Ca/c2*1-2;/h2*2H,1H2;. The predicted octanol–water partition coefficient (Wildman–Crippen LogP) is -1.41. The van der Waals surface area contributed by atoms with Gasteiger partial charge in [0.1, 0.15) is 0 Å². The van der Waals surface area contributed by atoms with Crippen molar-refractivity contribution in [2.24, 2.45) is 0 Å². The molecule has 0 aliphatic heterocycles. The molecule has 0 aliphatic rings. The van der Waals surface area contributed by atoms with Gasteiger partial charge >= 0.3 is 49.5 Å². The average molecular weight is 102 g/mol. The summed E-state index contributed by atoms with van der Waals surface area (Å²) in [7, 11) is 0. The summed E-state index contributed by atoms with van der Waals surface area (Å²) in [6.07, 6.45) is 0. The number of hydrogen-bond acceptors (Lipinski definition) is 2. The Labute approximate surface area is 49.1 Å². The van der Waals surface area contributed by atoms with E-state index in [0.717, 1.165) is 0 Å². The molecule has 0 bridgehead atoms. The van der Waals surface area contributed by atoms with E-state index in [0.29, 0.717) is 0 Å². The van der Waals surface area contributed by atoms with Crippen LogP contribution in [0.5, 0.6) is 0 Å². The van der Waals surface area contributed by atoms with Gasteiger partial charge < -0.3 is 0 Å². The Morgan fingerprint density at radius 3 is 1.60 bits per heavy atom. The van der Waals surface area contributed by atoms with E-state index < -0.39 is 33.8 Å². The van der Waals surface area contributed by atoms with E-state index in [1.165, 1.54) is 0 Å². The Kier molecular flexibility index (Phi) is 6.40. The maximum atomic E-state index is 7.99. The van der Waals surface area contributed by atoms with Gasteiger partial charge in [-0.05, 0) is 0 Å². The zero-order chi connectivity index (χ0) is 4.12. The van der Waals surface area contributed by atoms with Crippen molar-refractivity contribution in [3.05, 3.63) is 0 Å². The predicted molar refractivity (Wildman–Crippen MR) is 19.9 cm³/mol. The van der Waals surface area contributed by atoms with Crippen molar-refractivity contribution >= 4 is 33.8 Å². The molecule has 0 spiro atoms. The first-order valence-electron chi connectivity index (χ1n) is 1.63. The van der Waals surface area contributed by atoms with E-state index in [4.69, 9.17) is 10.2 Å². The molecule has 0 radical (unpaired) electrons. The van der Waals surface area contributed by atoms with Gasteiger partial charge in [0.25, 0.3) is 0 Å². The molecule has 0 heterocycles. The minimum absolute atomic E-state index is 0.281. The van der Waals surface area contributed by atoms with Crippen LogP contribution >= 0.6 is 0 Å². The molecule has 5 heavy (non-hydrogen) atoms. The fourth-order valence-corrected chi connectivity index (χ4v) is 0.292. The Morgan fingerprint density at radius 1 is 1.20 bits per heavy atom. The summed E-state index contributed by atoms with van der Waals surface area (Å²) in [5.41, 5.74) is 0. The van der Waals surface area contributed by atoms with Crippen molar-refractivity contribution in [1.82, 2.24) is 0 Å². The van der Waals surface area contributed by atoms with Crippen LogP contribution in [0.2, 0.25) is 0 Å². The first kappa shape index (κ1) is 6.18. The normalized spacial score (nSPS) is 6.80. The molecule has 3 heteroatoms. The Bertz CT molecular complexity index is 15.1. The third kappa shape index (κ3) is 5.18. The van der Waals surface area contributed by atoms with E-state index in [9.17, 15) is 0 Å². The van der Waals surface area contributed by atoms with Gasteiger partial charge in [0.15, 0.2) is 0 Å². The van der Waals surface area contributed by atoms with Crippen molar-refractivity contribution in [1.29, 1.82) is 0 Å². The van der Waals surface area contributed by atoms with Gasteiger partial charge in [-0.3, -0.25) is 0 Å². The fourth-order valence-electron chi connectivity index (χ4n) is 0.0707. The molecule has 0 amide bonds. The Hall–Kier alpha value is 1.18. The van der Waals surface area contributed by atoms with Gasteiger partial charge in [0, 0.05) is 0 Å². The van der Waals surface area contributed by atoms with E-state index in [1.54, 1.807) is 0 Å². The second kappa shape index (κ2) is 5.18. The zero-order valence-corrected chi connectivity index (χ0v) is 5.22. The van der Waals surface area contributed by atoms with Crippen molar-refractivity contribution < 1.29 is 10.2 Å². The number of aliphatic hydroxyl groups is 2. The summed E-state index contributed by atoms with van der Waals surface area (Å²) >= 11 is -0.792.